The van der Waals surface area contributed by atoms with Crippen LogP contribution in [0.2, 0.25) is 10.0 Å². The number of phenolic OH excluding ortho intramolecular Hbond substituents is 1. The Morgan fingerprint density at radius 1 is 1.19 bits per heavy atom. The Kier molecular flexibility index (Phi) is 7.30. The van der Waals surface area contributed by atoms with Crippen LogP contribution in [-0.2, 0) is 4.74 Å². The predicted molar refractivity (Wildman–Crippen MR) is 143 cm³/mol. The van der Waals surface area contributed by atoms with Crippen LogP contribution in [0.3, 0.4) is 0 Å². The fourth-order valence-corrected chi connectivity index (χ4v) is 6.02. The van der Waals surface area contributed by atoms with Gasteiger partial charge in [0.25, 0.3) is 5.91 Å². The number of carbonyl (C=O) groups is 1. The lowest BCUT2D eigenvalue weighted by molar-refractivity contribution is 0.102. The van der Waals surface area contributed by atoms with E-state index in [0.717, 1.165) is 49.9 Å². The minimum absolute atomic E-state index is 0.0663. The molecule has 188 valence electrons. The van der Waals surface area contributed by atoms with Crippen LogP contribution in [0.15, 0.2) is 58.7 Å². The molecule has 1 spiro atoms. The highest BCUT2D eigenvalue weighted by Crippen LogP contribution is 2.44. The van der Waals surface area contributed by atoms with Crippen molar-refractivity contribution in [1.82, 2.24) is 9.97 Å². The molecule has 3 aromatic rings. The van der Waals surface area contributed by atoms with Crippen LogP contribution in [0, 0.1) is 11.3 Å². The molecule has 1 aromatic heterocycles. The Morgan fingerprint density at radius 3 is 2.69 bits per heavy atom. The molecule has 5 rings (SSSR count). The minimum atomic E-state index is -0.509. The zero-order valence-electron chi connectivity index (χ0n) is 19.7. The van der Waals surface area contributed by atoms with Gasteiger partial charge in [0.1, 0.15) is 16.6 Å². The molecule has 0 radical (unpaired) electrons. The molecule has 36 heavy (non-hydrogen) atoms. The molecule has 2 aliphatic heterocycles. The van der Waals surface area contributed by atoms with E-state index < -0.39 is 5.91 Å². The predicted octanol–water partition coefficient (Wildman–Crippen LogP) is 6.15. The number of hydrogen-bond donors (Lipinski definition) is 2. The SMILES string of the molecule is C[C@@H]1COCC12CCN(c1cnc(Sc3cccc(NC(=O)c4cc(Cl)ccc4O)c3Cl)cn1)CC2. The van der Waals surface area contributed by atoms with Gasteiger partial charge in [0.15, 0.2) is 0 Å². The fourth-order valence-electron chi connectivity index (χ4n) is 4.78. The Hall–Kier alpha value is -2.52. The first-order valence-electron chi connectivity index (χ1n) is 11.8. The second-order valence-electron chi connectivity index (χ2n) is 9.31. The van der Waals surface area contributed by atoms with Crippen LogP contribution in [0.1, 0.15) is 30.1 Å². The van der Waals surface area contributed by atoms with Gasteiger partial charge in [-0.3, -0.25) is 4.79 Å². The van der Waals surface area contributed by atoms with Crippen molar-refractivity contribution < 1.29 is 14.6 Å². The molecule has 0 saturated carbocycles. The van der Waals surface area contributed by atoms with Crippen LogP contribution >= 0.6 is 35.0 Å². The first-order valence-corrected chi connectivity index (χ1v) is 13.3. The molecule has 2 aromatic carbocycles. The first kappa shape index (κ1) is 25.1. The van der Waals surface area contributed by atoms with Crippen molar-refractivity contribution in [2.45, 2.75) is 29.7 Å². The van der Waals surface area contributed by atoms with Gasteiger partial charge >= 0.3 is 0 Å². The van der Waals surface area contributed by atoms with Gasteiger partial charge < -0.3 is 20.1 Å². The third kappa shape index (κ3) is 5.13. The summed E-state index contributed by atoms with van der Waals surface area (Å²) in [4.78, 5) is 24.9. The molecule has 2 fully saturated rings. The number of halogens is 2. The van der Waals surface area contributed by atoms with Crippen molar-refractivity contribution in [1.29, 1.82) is 0 Å². The monoisotopic (exact) mass is 544 g/mol. The Bertz CT molecular complexity index is 1270. The second kappa shape index (κ2) is 10.5. The third-order valence-corrected chi connectivity index (χ3v) is 8.86. The van der Waals surface area contributed by atoms with Crippen molar-refractivity contribution >= 4 is 52.4 Å². The average Bonchev–Trinajstić information content (AvgIpc) is 3.23. The molecular formula is C26H26Cl2N4O3S. The lowest BCUT2D eigenvalue weighted by Gasteiger charge is -2.41. The number of nitrogens with one attached hydrogen (secondary N) is 1. The van der Waals surface area contributed by atoms with Crippen LogP contribution < -0.4 is 10.2 Å². The number of piperidine rings is 1. The maximum absolute atomic E-state index is 12.7. The van der Waals surface area contributed by atoms with Crippen molar-refractivity contribution in [3.05, 3.63) is 64.4 Å². The summed E-state index contributed by atoms with van der Waals surface area (Å²) in [5, 5.41) is 14.2. The second-order valence-corrected chi connectivity index (χ2v) is 11.2. The molecule has 1 atom stereocenters. The largest absolute Gasteiger partial charge is 0.507 e. The summed E-state index contributed by atoms with van der Waals surface area (Å²) in [6, 6.07) is 9.63. The van der Waals surface area contributed by atoms with Crippen LogP contribution in [0.4, 0.5) is 11.5 Å². The lowest BCUT2D eigenvalue weighted by Crippen LogP contribution is -2.43. The standard InChI is InChI=1S/C26H26Cl2N4O3S/c1-16-14-35-15-26(16)7-9-32(10-8-26)22-12-30-23(13-29-22)36-21-4-2-3-19(24(21)28)31-25(34)18-11-17(27)5-6-20(18)33/h2-6,11-13,16,33H,7-10,14-15H2,1H3,(H,31,34)/t16-/m1/s1. The summed E-state index contributed by atoms with van der Waals surface area (Å²) in [6.07, 6.45) is 5.76. The maximum Gasteiger partial charge on any atom is 0.259 e. The van der Waals surface area contributed by atoms with E-state index in [1.807, 2.05) is 6.07 Å². The van der Waals surface area contributed by atoms with E-state index in [1.54, 1.807) is 24.5 Å². The normalized spacial score (nSPS) is 19.0. The molecule has 2 N–H and O–H groups in total. The van der Waals surface area contributed by atoms with E-state index in [1.165, 1.54) is 30.0 Å². The molecular weight excluding hydrogens is 519 g/mol. The molecule has 3 heterocycles. The van der Waals surface area contributed by atoms with Crippen molar-refractivity contribution in [2.24, 2.45) is 11.3 Å². The van der Waals surface area contributed by atoms with Gasteiger partial charge in [-0.05, 0) is 49.1 Å². The molecule has 1 amide bonds. The minimum Gasteiger partial charge on any atom is -0.507 e. The Labute approximate surface area is 224 Å². The molecule has 10 heteroatoms. The summed E-state index contributed by atoms with van der Waals surface area (Å²) >= 11 is 13.9. The fraction of sp³-hybridized carbons (Fsp3) is 0.346. The van der Waals surface area contributed by atoms with Gasteiger partial charge in [-0.2, -0.15) is 0 Å². The molecule has 2 aliphatic rings. The van der Waals surface area contributed by atoms with E-state index >= 15 is 0 Å². The van der Waals surface area contributed by atoms with Gasteiger partial charge in [-0.1, -0.05) is 48.0 Å². The Balaban J connectivity index is 1.24. The van der Waals surface area contributed by atoms with Gasteiger partial charge in [0.2, 0.25) is 0 Å². The smallest absolute Gasteiger partial charge is 0.259 e. The van der Waals surface area contributed by atoms with Crippen molar-refractivity contribution in [3.8, 4) is 5.75 Å². The zero-order chi connectivity index (χ0) is 25.3. The molecule has 0 unspecified atom stereocenters. The summed E-state index contributed by atoms with van der Waals surface area (Å²) in [5.41, 5.74) is 0.794. The van der Waals surface area contributed by atoms with Gasteiger partial charge in [-0.15, -0.1) is 0 Å². The van der Waals surface area contributed by atoms with Gasteiger partial charge in [-0.25, -0.2) is 9.97 Å². The first-order chi connectivity index (χ1) is 17.3. The number of benzene rings is 2. The van der Waals surface area contributed by atoms with Crippen molar-refractivity contribution in [2.75, 3.05) is 36.5 Å². The summed E-state index contributed by atoms with van der Waals surface area (Å²) < 4.78 is 5.74. The average molecular weight is 545 g/mol. The maximum atomic E-state index is 12.7. The highest BCUT2D eigenvalue weighted by atomic mass is 35.5. The number of rotatable bonds is 5. The molecule has 2 saturated heterocycles. The number of amides is 1. The van der Waals surface area contributed by atoms with Crippen LogP contribution in [0.25, 0.3) is 0 Å². The quantitative estimate of drug-likeness (QED) is 0.398. The van der Waals surface area contributed by atoms with E-state index in [2.05, 4.69) is 27.1 Å². The summed E-state index contributed by atoms with van der Waals surface area (Å²) in [6.45, 7) is 5.92. The zero-order valence-corrected chi connectivity index (χ0v) is 22.0. The number of aromatic hydroxyl groups is 1. The van der Waals surface area contributed by atoms with Crippen LogP contribution in [0.5, 0.6) is 5.75 Å². The van der Waals surface area contributed by atoms with Gasteiger partial charge in [0, 0.05) is 35.0 Å². The van der Waals surface area contributed by atoms with Crippen molar-refractivity contribution in [3.63, 3.8) is 0 Å². The van der Waals surface area contributed by atoms with E-state index in [-0.39, 0.29) is 11.3 Å². The summed E-state index contributed by atoms with van der Waals surface area (Å²) in [7, 11) is 0. The molecule has 0 aliphatic carbocycles. The highest BCUT2D eigenvalue weighted by molar-refractivity contribution is 7.99. The highest BCUT2D eigenvalue weighted by Gasteiger charge is 2.43. The van der Waals surface area contributed by atoms with Crippen LogP contribution in [-0.4, -0.2) is 47.3 Å². The molecule has 0 bridgehead atoms. The molecule has 7 nitrogen and oxygen atoms in total. The van der Waals surface area contributed by atoms with E-state index in [4.69, 9.17) is 27.9 Å². The number of phenols is 1. The number of aromatic nitrogens is 2. The van der Waals surface area contributed by atoms with E-state index in [9.17, 15) is 9.90 Å². The number of hydrogen-bond acceptors (Lipinski definition) is 7. The number of nitrogens with zero attached hydrogens (tertiary/aromatic N) is 3. The topological polar surface area (TPSA) is 87.6 Å². The number of ether oxygens (including phenoxy) is 1. The summed E-state index contributed by atoms with van der Waals surface area (Å²) in [5.74, 6) is 0.800. The third-order valence-electron chi connectivity index (χ3n) is 7.13. The van der Waals surface area contributed by atoms with E-state index in [0.29, 0.717) is 32.1 Å². The lowest BCUT2D eigenvalue weighted by atomic mass is 9.72. The van der Waals surface area contributed by atoms with Gasteiger partial charge in [0.05, 0.1) is 35.3 Å². The number of carbonyl (C=O) groups excluding carboxylic acids is 1. The number of anilines is 2. The Morgan fingerprint density at radius 2 is 2.00 bits per heavy atom.